The highest BCUT2D eigenvalue weighted by Crippen LogP contribution is 2.28. The molecule has 0 atom stereocenters. The number of nitrogens with zero attached hydrogens (tertiary/aromatic N) is 2. The average Bonchev–Trinajstić information content (AvgIpc) is 3.28. The van der Waals surface area contributed by atoms with Crippen molar-refractivity contribution < 1.29 is 13.6 Å². The normalized spacial score (nSPS) is 13.0. The molecule has 1 amide bonds. The number of carbonyl (C=O) groups excluding carboxylic acids is 1. The topological polar surface area (TPSA) is 60.1 Å². The van der Waals surface area contributed by atoms with Gasteiger partial charge in [-0.25, -0.2) is 9.07 Å². The molecule has 1 N–H and O–H groups in total. The van der Waals surface area contributed by atoms with Gasteiger partial charge in [0.2, 0.25) is 0 Å². The number of rotatable bonds is 4. The fourth-order valence-electron chi connectivity index (χ4n) is 3.56. The summed E-state index contributed by atoms with van der Waals surface area (Å²) in [5.74, 6) is 1.03. The van der Waals surface area contributed by atoms with Crippen molar-refractivity contribution in [2.45, 2.75) is 39.7 Å². The number of nitrogens with one attached hydrogen (secondary N) is 1. The highest BCUT2D eigenvalue weighted by Gasteiger charge is 2.27. The van der Waals surface area contributed by atoms with E-state index in [1.807, 2.05) is 19.9 Å². The number of hydrogen-bond acceptors (Lipinski definition) is 3. The highest BCUT2D eigenvalue weighted by molar-refractivity contribution is 5.94. The summed E-state index contributed by atoms with van der Waals surface area (Å²) in [5.41, 5.74) is 3.56. The van der Waals surface area contributed by atoms with Crippen LogP contribution < -0.4 is 5.32 Å². The van der Waals surface area contributed by atoms with Crippen LogP contribution in [0.25, 0.3) is 5.69 Å². The van der Waals surface area contributed by atoms with E-state index in [0.29, 0.717) is 17.9 Å². The molecule has 1 aliphatic carbocycles. The number of halogens is 1. The Morgan fingerprint density at radius 1 is 1.31 bits per heavy atom. The van der Waals surface area contributed by atoms with Crippen LogP contribution in [-0.2, 0) is 19.4 Å². The van der Waals surface area contributed by atoms with Crippen molar-refractivity contribution >= 4 is 5.91 Å². The average molecular weight is 353 g/mol. The third kappa shape index (κ3) is 2.81. The van der Waals surface area contributed by atoms with Crippen LogP contribution >= 0.6 is 0 Å². The second-order valence-electron chi connectivity index (χ2n) is 6.61. The van der Waals surface area contributed by atoms with Gasteiger partial charge < -0.3 is 9.73 Å². The Hall–Kier alpha value is -2.89. The Kier molecular flexibility index (Phi) is 4.11. The van der Waals surface area contributed by atoms with Gasteiger partial charge in [0.25, 0.3) is 5.91 Å². The Labute approximate surface area is 150 Å². The molecule has 3 aromatic rings. The Morgan fingerprint density at radius 3 is 2.85 bits per heavy atom. The van der Waals surface area contributed by atoms with E-state index in [1.165, 1.54) is 6.07 Å². The molecule has 2 heterocycles. The maximum absolute atomic E-state index is 14.2. The molecule has 0 saturated carbocycles. The van der Waals surface area contributed by atoms with E-state index in [9.17, 15) is 9.18 Å². The van der Waals surface area contributed by atoms with E-state index in [2.05, 4.69) is 10.4 Å². The number of aromatic nitrogens is 2. The molecular weight excluding hydrogens is 333 g/mol. The molecule has 0 aliphatic heterocycles. The number of hydrogen-bond donors (Lipinski definition) is 1. The van der Waals surface area contributed by atoms with Crippen molar-refractivity contribution in [3.63, 3.8) is 0 Å². The summed E-state index contributed by atoms with van der Waals surface area (Å²) in [5, 5.41) is 7.35. The predicted octanol–water partition coefficient (Wildman–Crippen LogP) is 3.64. The maximum Gasteiger partial charge on any atom is 0.272 e. The quantitative estimate of drug-likeness (QED) is 0.779. The zero-order valence-corrected chi connectivity index (χ0v) is 14.8. The van der Waals surface area contributed by atoms with E-state index in [-0.39, 0.29) is 11.7 Å². The molecule has 0 fully saturated rings. The number of benzene rings is 1. The zero-order valence-electron chi connectivity index (χ0n) is 14.8. The van der Waals surface area contributed by atoms with E-state index in [0.717, 1.165) is 47.6 Å². The van der Waals surface area contributed by atoms with Gasteiger partial charge in [0.05, 0.1) is 0 Å². The summed E-state index contributed by atoms with van der Waals surface area (Å²) >= 11 is 0. The molecule has 0 unspecified atom stereocenters. The Balaban J connectivity index is 1.63. The third-order valence-electron chi connectivity index (χ3n) is 4.81. The SMILES string of the molecule is Cc1cc(CNC(=O)c2nn(-c3ccccc3F)c3c2CCC3)c(C)o1. The second-order valence-corrected chi connectivity index (χ2v) is 6.61. The standard InChI is InChI=1S/C20H20FN3O2/c1-12-10-14(13(2)26-12)11-22-20(25)19-15-6-5-9-17(15)24(23-19)18-8-4-3-7-16(18)21/h3-4,7-8,10H,5-6,9,11H2,1-2H3,(H,22,25). The lowest BCUT2D eigenvalue weighted by Crippen LogP contribution is -2.24. The number of para-hydroxylation sites is 1. The van der Waals surface area contributed by atoms with E-state index < -0.39 is 0 Å². The van der Waals surface area contributed by atoms with Crippen molar-refractivity contribution in [2.24, 2.45) is 0 Å². The molecule has 4 rings (SSSR count). The minimum absolute atomic E-state index is 0.239. The molecule has 1 aromatic carbocycles. The predicted molar refractivity (Wildman–Crippen MR) is 94.9 cm³/mol. The summed E-state index contributed by atoms with van der Waals surface area (Å²) in [4.78, 5) is 12.7. The van der Waals surface area contributed by atoms with Gasteiger partial charge in [0, 0.05) is 23.4 Å². The first-order valence-electron chi connectivity index (χ1n) is 8.74. The van der Waals surface area contributed by atoms with Gasteiger partial charge >= 0.3 is 0 Å². The summed E-state index contributed by atoms with van der Waals surface area (Å²) in [7, 11) is 0. The van der Waals surface area contributed by atoms with Gasteiger partial charge in [0.1, 0.15) is 23.0 Å². The molecule has 0 spiro atoms. The molecule has 0 saturated heterocycles. The smallest absolute Gasteiger partial charge is 0.272 e. The van der Waals surface area contributed by atoms with Gasteiger partial charge in [-0.1, -0.05) is 12.1 Å². The number of fused-ring (bicyclic) bond motifs is 1. The van der Waals surface area contributed by atoms with Gasteiger partial charge in [0.15, 0.2) is 5.69 Å². The number of amides is 1. The number of carbonyl (C=O) groups is 1. The lowest BCUT2D eigenvalue weighted by Gasteiger charge is -2.06. The van der Waals surface area contributed by atoms with Crippen LogP contribution in [0.4, 0.5) is 4.39 Å². The fourth-order valence-corrected chi connectivity index (χ4v) is 3.56. The molecule has 0 radical (unpaired) electrons. The monoisotopic (exact) mass is 353 g/mol. The van der Waals surface area contributed by atoms with Gasteiger partial charge in [-0.15, -0.1) is 0 Å². The lowest BCUT2D eigenvalue weighted by molar-refractivity contribution is 0.0944. The first-order valence-corrected chi connectivity index (χ1v) is 8.74. The second kappa shape index (κ2) is 6.44. The van der Waals surface area contributed by atoms with Crippen LogP contribution in [0.3, 0.4) is 0 Å². The van der Waals surface area contributed by atoms with Crippen LogP contribution in [0.1, 0.15) is 45.3 Å². The van der Waals surface area contributed by atoms with Crippen LogP contribution in [0.5, 0.6) is 0 Å². The maximum atomic E-state index is 14.2. The van der Waals surface area contributed by atoms with Crippen molar-refractivity contribution in [3.05, 3.63) is 70.2 Å². The van der Waals surface area contributed by atoms with Gasteiger partial charge in [-0.3, -0.25) is 4.79 Å². The van der Waals surface area contributed by atoms with E-state index in [4.69, 9.17) is 4.42 Å². The van der Waals surface area contributed by atoms with Gasteiger partial charge in [-0.05, 0) is 51.3 Å². The molecule has 5 nitrogen and oxygen atoms in total. The van der Waals surface area contributed by atoms with Crippen molar-refractivity contribution in [3.8, 4) is 5.69 Å². The molecule has 26 heavy (non-hydrogen) atoms. The van der Waals surface area contributed by atoms with Crippen LogP contribution in [0.2, 0.25) is 0 Å². The molecule has 2 aromatic heterocycles. The highest BCUT2D eigenvalue weighted by atomic mass is 19.1. The summed E-state index contributed by atoms with van der Waals surface area (Å²) in [6, 6.07) is 8.41. The molecule has 0 bridgehead atoms. The summed E-state index contributed by atoms with van der Waals surface area (Å²) < 4.78 is 21.3. The molecule has 1 aliphatic rings. The molecule has 6 heteroatoms. The van der Waals surface area contributed by atoms with E-state index in [1.54, 1.807) is 22.9 Å². The van der Waals surface area contributed by atoms with Crippen molar-refractivity contribution in [1.29, 1.82) is 0 Å². The lowest BCUT2D eigenvalue weighted by atomic mass is 10.2. The van der Waals surface area contributed by atoms with Gasteiger partial charge in [-0.2, -0.15) is 5.10 Å². The third-order valence-corrected chi connectivity index (χ3v) is 4.81. The Morgan fingerprint density at radius 2 is 2.12 bits per heavy atom. The van der Waals surface area contributed by atoms with Crippen LogP contribution in [0.15, 0.2) is 34.7 Å². The minimum Gasteiger partial charge on any atom is -0.466 e. The van der Waals surface area contributed by atoms with Crippen molar-refractivity contribution in [1.82, 2.24) is 15.1 Å². The summed E-state index contributed by atoms with van der Waals surface area (Å²) in [6.07, 6.45) is 2.53. The van der Waals surface area contributed by atoms with Crippen LogP contribution in [-0.4, -0.2) is 15.7 Å². The molecule has 134 valence electrons. The first kappa shape index (κ1) is 16.6. The first-order chi connectivity index (χ1) is 12.5. The van der Waals surface area contributed by atoms with Crippen molar-refractivity contribution in [2.75, 3.05) is 0 Å². The van der Waals surface area contributed by atoms with Crippen LogP contribution in [0, 0.1) is 19.7 Å². The number of aryl methyl sites for hydroxylation is 2. The fraction of sp³-hybridized carbons (Fsp3) is 0.300. The molecular formula is C20H20FN3O2. The zero-order chi connectivity index (χ0) is 18.3. The van der Waals surface area contributed by atoms with E-state index >= 15 is 0 Å². The number of furan rings is 1. The Bertz CT molecular complexity index is 987. The largest absolute Gasteiger partial charge is 0.466 e. The summed E-state index contributed by atoms with van der Waals surface area (Å²) in [6.45, 7) is 4.13. The minimum atomic E-state index is -0.346.